The summed E-state index contributed by atoms with van der Waals surface area (Å²) in [6.45, 7) is 6.74. The second-order valence-corrected chi connectivity index (χ2v) is 19.0. The second-order valence-electron chi connectivity index (χ2n) is 18.6. The van der Waals surface area contributed by atoms with Gasteiger partial charge >= 0.3 is 18.1 Å². The van der Waals surface area contributed by atoms with Gasteiger partial charge in [-0.25, -0.2) is 18.8 Å². The number of nitrogens with two attached hydrogens (primary N) is 1. The molecule has 22 heteroatoms. The number of hydrogen-bond donors (Lipinski definition) is 7. The van der Waals surface area contributed by atoms with Crippen LogP contribution in [0.2, 0.25) is 5.02 Å². The Balaban J connectivity index is 1.01. The largest absolute Gasteiger partial charge is 0.477 e. The van der Waals surface area contributed by atoms with Gasteiger partial charge < -0.3 is 61.3 Å². The average molecular weight is 1020 g/mol. The summed E-state index contributed by atoms with van der Waals surface area (Å²) in [5, 5.41) is 23.2. The maximum absolute atomic E-state index is 15.7. The molecule has 2 fully saturated rings. The molecular weight excluding hydrogens is 957 g/mol. The summed E-state index contributed by atoms with van der Waals surface area (Å²) >= 11 is 6.85. The van der Waals surface area contributed by atoms with Gasteiger partial charge in [0.25, 0.3) is 5.91 Å². The number of nitrogens with zero attached hydrogens (tertiary/aromatic N) is 3. The number of rotatable bonds is 22. The molecule has 3 aliphatic rings. The summed E-state index contributed by atoms with van der Waals surface area (Å²) < 4.78 is 28.3. The zero-order chi connectivity index (χ0) is 52.1. The molecular formula is C50H63ClFN9O11. The molecule has 2 aliphatic heterocycles. The number of halogens is 2. The van der Waals surface area contributed by atoms with E-state index in [0.29, 0.717) is 56.6 Å². The van der Waals surface area contributed by atoms with E-state index >= 15 is 4.39 Å². The minimum Gasteiger partial charge on any atom is -0.477 e. The standard InChI is InChI=1S/C50H63ClFN9O11/c1-30(2)50(3,58-39(62)14-5-4-8-22-60-29-71-24-10-15-40(60)63)47(68)57-38(13-6-7-21-54-48(53)69)45(65)55-32-18-16-31(17-19-32)28-72-49(70)56-33-20-23-59(26-33)43-37(52)25-35-42(41(43)51)61(34-11-9-12-34)27-36(44(35)64)46(66)67/h6,10,13,15-19,25,27,30,33-34,38H,4-5,7-9,11-12,14,20-24,26,28-29H2,1-3H3,(H,55,65)(H,56,70)(H,57,68)(H,58,62)(H,66,67)(H3,53,54,69)/b13-6+. The van der Waals surface area contributed by atoms with Crippen molar-refractivity contribution in [2.75, 3.05) is 49.7 Å². The molecule has 3 aromatic rings. The molecule has 72 heavy (non-hydrogen) atoms. The Kier molecular flexibility index (Phi) is 18.8. The number of anilines is 2. The molecule has 7 amide bonds. The fraction of sp³-hybridized carbons (Fsp3) is 0.480. The molecule has 3 heterocycles. The number of hydrogen-bond acceptors (Lipinski definition) is 11. The first-order valence-electron chi connectivity index (χ1n) is 24.1. The van der Waals surface area contributed by atoms with Crippen molar-refractivity contribution in [3.8, 4) is 0 Å². The lowest BCUT2D eigenvalue weighted by Gasteiger charge is -2.34. The highest BCUT2D eigenvalue weighted by atomic mass is 35.5. The zero-order valence-corrected chi connectivity index (χ0v) is 41.4. The third kappa shape index (κ3) is 13.9. The molecule has 3 unspecified atom stereocenters. The van der Waals surface area contributed by atoms with Gasteiger partial charge in [0.15, 0.2) is 0 Å². The topological polar surface area (TPSA) is 273 Å². The van der Waals surface area contributed by atoms with Crippen LogP contribution < -0.4 is 42.6 Å². The lowest BCUT2D eigenvalue weighted by atomic mass is 9.86. The highest BCUT2D eigenvalue weighted by Gasteiger charge is 2.40. The number of nitrogens with one attached hydrogen (secondary N) is 5. The SMILES string of the molecule is CC(C)C(C)(NC(=O)CCCCCN1COCC=CC1=O)C(=O)NC(/C=C/CCNC(N)=O)C(=O)Nc1ccc(COC(=O)NC2CCN(c3c(F)cc4c(=O)c(C(=O)O)cn(C5CCC5)c4c3Cl)C2)cc1. The van der Waals surface area contributed by atoms with Gasteiger partial charge in [0, 0.05) is 56.6 Å². The van der Waals surface area contributed by atoms with E-state index in [1.165, 1.54) is 18.3 Å². The highest BCUT2D eigenvalue weighted by Crippen LogP contribution is 2.41. The molecule has 1 aliphatic carbocycles. The predicted octanol–water partition coefficient (Wildman–Crippen LogP) is 5.22. The zero-order valence-electron chi connectivity index (χ0n) is 40.6. The lowest BCUT2D eigenvalue weighted by molar-refractivity contribution is -0.136. The van der Waals surface area contributed by atoms with Crippen molar-refractivity contribution in [2.24, 2.45) is 11.7 Å². The highest BCUT2D eigenvalue weighted by molar-refractivity contribution is 6.38. The van der Waals surface area contributed by atoms with E-state index in [9.17, 15) is 43.5 Å². The smallest absolute Gasteiger partial charge is 0.407 e. The van der Waals surface area contributed by atoms with Crippen molar-refractivity contribution in [3.05, 3.63) is 93.0 Å². The van der Waals surface area contributed by atoms with Gasteiger partial charge in [-0.15, -0.1) is 0 Å². The van der Waals surface area contributed by atoms with Crippen LogP contribution in [0.4, 0.5) is 25.4 Å². The van der Waals surface area contributed by atoms with E-state index in [2.05, 4.69) is 26.6 Å². The number of aromatic nitrogens is 1. The summed E-state index contributed by atoms with van der Waals surface area (Å²) in [5.41, 5.74) is 3.74. The fourth-order valence-corrected chi connectivity index (χ4v) is 8.89. The summed E-state index contributed by atoms with van der Waals surface area (Å²) in [4.78, 5) is 105. The third-order valence-corrected chi connectivity index (χ3v) is 13.6. The summed E-state index contributed by atoms with van der Waals surface area (Å²) in [6, 6.07) is 5.03. The van der Waals surface area contributed by atoms with Crippen LogP contribution in [-0.4, -0.2) is 113 Å². The summed E-state index contributed by atoms with van der Waals surface area (Å²) in [5.74, 6) is -4.27. The number of carboxylic acids is 1. The number of unbranched alkanes of at least 4 members (excludes halogenated alkanes) is 2. The quantitative estimate of drug-likeness (QED) is 0.0504. The maximum Gasteiger partial charge on any atom is 0.407 e. The number of primary amides is 1. The van der Waals surface area contributed by atoms with Gasteiger partial charge in [0.05, 0.1) is 34.3 Å². The van der Waals surface area contributed by atoms with E-state index in [0.717, 1.165) is 25.3 Å². The molecule has 1 saturated carbocycles. The molecule has 0 radical (unpaired) electrons. The maximum atomic E-state index is 15.7. The van der Waals surface area contributed by atoms with Crippen LogP contribution in [0.5, 0.6) is 0 Å². The molecule has 0 bridgehead atoms. The molecule has 3 atom stereocenters. The second kappa shape index (κ2) is 24.9. The fourth-order valence-electron chi connectivity index (χ4n) is 8.48. The molecule has 0 spiro atoms. The van der Waals surface area contributed by atoms with E-state index < -0.39 is 70.3 Å². The first-order valence-corrected chi connectivity index (χ1v) is 24.5. The lowest BCUT2D eigenvalue weighted by Crippen LogP contribution is -2.62. The van der Waals surface area contributed by atoms with Gasteiger partial charge in [-0.05, 0) is 81.5 Å². The van der Waals surface area contributed by atoms with Crippen molar-refractivity contribution >= 4 is 75.6 Å². The number of pyridine rings is 1. The van der Waals surface area contributed by atoms with Gasteiger partial charge in [-0.3, -0.25) is 24.0 Å². The third-order valence-electron chi connectivity index (χ3n) is 13.2. The Hall–Kier alpha value is -7.00. The molecule has 1 aromatic heterocycles. The van der Waals surface area contributed by atoms with Gasteiger partial charge in [0.1, 0.15) is 36.3 Å². The molecule has 8 N–H and O–H groups in total. The molecule has 20 nitrogen and oxygen atoms in total. The number of ether oxygens (including phenoxy) is 2. The molecule has 388 valence electrons. The molecule has 2 aromatic carbocycles. The van der Waals surface area contributed by atoms with E-state index in [1.54, 1.807) is 71.6 Å². The Morgan fingerprint density at radius 1 is 1.07 bits per heavy atom. The van der Waals surface area contributed by atoms with Crippen molar-refractivity contribution < 1.29 is 52.5 Å². The number of amides is 7. The Labute approximate surface area is 420 Å². The number of alkyl carbamates (subject to hydrolysis) is 1. The number of carbonyl (C=O) groups is 7. The summed E-state index contributed by atoms with van der Waals surface area (Å²) in [6.07, 6.45) is 11.9. The number of aromatic carboxylic acids is 1. The van der Waals surface area contributed by atoms with Gasteiger partial charge in [-0.1, -0.05) is 62.2 Å². The predicted molar refractivity (Wildman–Crippen MR) is 267 cm³/mol. The number of fused-ring (bicyclic) bond motifs is 1. The minimum atomic E-state index is -1.41. The molecule has 1 saturated heterocycles. The van der Waals surface area contributed by atoms with Crippen LogP contribution in [0.25, 0.3) is 10.9 Å². The van der Waals surface area contributed by atoms with Crippen LogP contribution >= 0.6 is 11.6 Å². The monoisotopic (exact) mass is 1020 g/mol. The van der Waals surface area contributed by atoms with E-state index in [-0.39, 0.29) is 78.7 Å². The van der Waals surface area contributed by atoms with Crippen molar-refractivity contribution in [1.82, 2.24) is 30.7 Å². The summed E-state index contributed by atoms with van der Waals surface area (Å²) in [7, 11) is 0. The number of carbonyl (C=O) groups excluding carboxylic acids is 6. The van der Waals surface area contributed by atoms with E-state index in [1.807, 2.05) is 0 Å². The molecule has 6 rings (SSSR count). The van der Waals surface area contributed by atoms with Crippen molar-refractivity contribution in [1.29, 1.82) is 0 Å². The van der Waals surface area contributed by atoms with Crippen LogP contribution in [0, 0.1) is 11.7 Å². The van der Waals surface area contributed by atoms with E-state index in [4.69, 9.17) is 26.8 Å². The first-order chi connectivity index (χ1) is 34.4. The number of benzene rings is 2. The van der Waals surface area contributed by atoms with Crippen LogP contribution in [0.15, 0.2) is 65.6 Å². The minimum absolute atomic E-state index is 0.0107. The number of urea groups is 1. The Morgan fingerprint density at radius 3 is 2.50 bits per heavy atom. The Morgan fingerprint density at radius 2 is 1.82 bits per heavy atom. The average Bonchev–Trinajstić information content (AvgIpc) is 3.66. The van der Waals surface area contributed by atoms with Crippen LogP contribution in [0.1, 0.15) is 101 Å². The normalized spacial score (nSPS) is 17.2. The Bertz CT molecular complexity index is 2640. The van der Waals surface area contributed by atoms with Gasteiger partial charge in [-0.2, -0.15) is 0 Å². The number of carboxylic acid groups (broad SMARTS) is 1. The van der Waals surface area contributed by atoms with Crippen molar-refractivity contribution in [3.63, 3.8) is 0 Å². The van der Waals surface area contributed by atoms with Crippen LogP contribution in [-0.2, 0) is 35.3 Å². The van der Waals surface area contributed by atoms with Crippen molar-refractivity contribution in [2.45, 2.75) is 109 Å². The van der Waals surface area contributed by atoms with Crippen LogP contribution in [0.3, 0.4) is 0 Å². The van der Waals surface area contributed by atoms with Gasteiger partial charge in [0.2, 0.25) is 23.2 Å². The first kappa shape index (κ1) is 54.3.